The van der Waals surface area contributed by atoms with E-state index in [9.17, 15) is 9.90 Å². The first-order valence-corrected chi connectivity index (χ1v) is 7.02. The van der Waals surface area contributed by atoms with Gasteiger partial charge in [-0.05, 0) is 31.9 Å². The van der Waals surface area contributed by atoms with E-state index in [1.165, 1.54) is 0 Å². The predicted octanol–water partition coefficient (Wildman–Crippen LogP) is 0.256. The lowest BCUT2D eigenvalue weighted by atomic mass is 9.83. The molecule has 0 bridgehead atoms. The molecule has 1 saturated carbocycles. The van der Waals surface area contributed by atoms with Crippen molar-refractivity contribution in [2.45, 2.75) is 44.9 Å². The van der Waals surface area contributed by atoms with Crippen LogP contribution in [-0.2, 0) is 11.2 Å². The molecule has 1 aliphatic rings. The standard InChI is InChI=1S/C14H19N5O2/c1-8-6-15-19(7-8)14-11(5-12(14)20)16-13(21)4-10-3-9(2)17-18-10/h3,6-7,11-12,14,20H,4-5H2,1-2H3,(H,16,21)(H,17,18)/t11-,12+,14+/m0/s1. The fraction of sp³-hybridized carbons (Fsp3) is 0.500. The van der Waals surface area contributed by atoms with Crippen LogP contribution in [0.4, 0.5) is 0 Å². The van der Waals surface area contributed by atoms with Crippen molar-refractivity contribution in [3.8, 4) is 0 Å². The molecule has 3 rings (SSSR count). The van der Waals surface area contributed by atoms with Gasteiger partial charge in [0.25, 0.3) is 0 Å². The average molecular weight is 289 g/mol. The van der Waals surface area contributed by atoms with Crippen molar-refractivity contribution in [1.82, 2.24) is 25.3 Å². The van der Waals surface area contributed by atoms with Gasteiger partial charge in [-0.25, -0.2) is 0 Å². The average Bonchev–Trinajstić information content (AvgIpc) is 2.98. The smallest absolute Gasteiger partial charge is 0.226 e. The Labute approximate surface area is 122 Å². The molecule has 0 unspecified atom stereocenters. The highest BCUT2D eigenvalue weighted by Gasteiger charge is 2.42. The Bertz CT molecular complexity index is 647. The van der Waals surface area contributed by atoms with Gasteiger partial charge in [-0.3, -0.25) is 14.6 Å². The van der Waals surface area contributed by atoms with Gasteiger partial charge in [-0.2, -0.15) is 10.2 Å². The quantitative estimate of drug-likeness (QED) is 0.752. The second kappa shape index (κ2) is 5.33. The molecule has 0 spiro atoms. The second-order valence-electron chi connectivity index (χ2n) is 5.68. The van der Waals surface area contributed by atoms with E-state index in [1.54, 1.807) is 10.9 Å². The first-order chi connectivity index (χ1) is 10.0. The minimum atomic E-state index is -0.470. The van der Waals surface area contributed by atoms with Gasteiger partial charge in [0.2, 0.25) is 5.91 Å². The molecule has 3 atom stereocenters. The molecule has 2 aromatic rings. The maximum absolute atomic E-state index is 12.0. The van der Waals surface area contributed by atoms with Crippen LogP contribution in [0.25, 0.3) is 0 Å². The molecule has 112 valence electrons. The summed E-state index contributed by atoms with van der Waals surface area (Å²) < 4.78 is 1.73. The first kappa shape index (κ1) is 13.8. The summed E-state index contributed by atoms with van der Waals surface area (Å²) in [7, 11) is 0. The Morgan fingerprint density at radius 2 is 2.38 bits per heavy atom. The third-order valence-corrected chi connectivity index (χ3v) is 3.79. The zero-order valence-corrected chi connectivity index (χ0v) is 12.1. The summed E-state index contributed by atoms with van der Waals surface area (Å²) in [6.45, 7) is 3.84. The molecule has 0 radical (unpaired) electrons. The van der Waals surface area contributed by atoms with Crippen LogP contribution in [0.3, 0.4) is 0 Å². The summed E-state index contributed by atoms with van der Waals surface area (Å²) in [5.74, 6) is -0.0905. The van der Waals surface area contributed by atoms with E-state index in [1.807, 2.05) is 26.1 Å². The fourth-order valence-electron chi connectivity index (χ4n) is 2.70. The number of aromatic nitrogens is 4. The highest BCUT2D eigenvalue weighted by atomic mass is 16.3. The van der Waals surface area contributed by atoms with Crippen molar-refractivity contribution in [3.63, 3.8) is 0 Å². The highest BCUT2D eigenvalue weighted by Crippen LogP contribution is 2.32. The third kappa shape index (κ3) is 2.82. The largest absolute Gasteiger partial charge is 0.391 e. The number of hydrogen-bond acceptors (Lipinski definition) is 4. The van der Waals surface area contributed by atoms with Crippen molar-refractivity contribution in [3.05, 3.63) is 35.4 Å². The van der Waals surface area contributed by atoms with E-state index in [4.69, 9.17) is 0 Å². The van der Waals surface area contributed by atoms with Gasteiger partial charge in [0.1, 0.15) is 0 Å². The minimum absolute atomic E-state index is 0.0905. The summed E-state index contributed by atoms with van der Waals surface area (Å²) in [6.07, 6.45) is 3.94. The number of aryl methyl sites for hydroxylation is 2. The van der Waals surface area contributed by atoms with E-state index < -0.39 is 6.10 Å². The van der Waals surface area contributed by atoms with Crippen LogP contribution in [0, 0.1) is 13.8 Å². The van der Waals surface area contributed by atoms with Crippen LogP contribution in [0.1, 0.15) is 29.4 Å². The molecule has 7 nitrogen and oxygen atoms in total. The number of carbonyl (C=O) groups excluding carboxylic acids is 1. The predicted molar refractivity (Wildman–Crippen MR) is 75.6 cm³/mol. The van der Waals surface area contributed by atoms with Crippen molar-refractivity contribution in [2.75, 3.05) is 0 Å². The number of nitrogens with zero attached hydrogens (tertiary/aromatic N) is 3. The first-order valence-electron chi connectivity index (χ1n) is 7.02. The summed E-state index contributed by atoms with van der Waals surface area (Å²) in [6, 6.07) is 1.57. The molecule has 0 aromatic carbocycles. The number of aliphatic hydroxyl groups excluding tert-OH is 1. The van der Waals surface area contributed by atoms with Crippen LogP contribution in [-0.4, -0.2) is 43.1 Å². The summed E-state index contributed by atoms with van der Waals surface area (Å²) >= 11 is 0. The molecule has 1 amide bonds. The number of hydrogen-bond donors (Lipinski definition) is 3. The molecule has 1 fully saturated rings. The van der Waals surface area contributed by atoms with Gasteiger partial charge >= 0.3 is 0 Å². The van der Waals surface area contributed by atoms with Crippen LogP contribution in [0.15, 0.2) is 18.5 Å². The lowest BCUT2D eigenvalue weighted by Crippen LogP contribution is -2.56. The Hall–Kier alpha value is -2.15. The summed E-state index contributed by atoms with van der Waals surface area (Å²) in [5.41, 5.74) is 2.68. The third-order valence-electron chi connectivity index (χ3n) is 3.79. The summed E-state index contributed by atoms with van der Waals surface area (Å²) in [5, 5.41) is 24.0. The Kier molecular flexibility index (Phi) is 3.50. The second-order valence-corrected chi connectivity index (χ2v) is 5.68. The van der Waals surface area contributed by atoms with E-state index in [2.05, 4.69) is 20.6 Å². The number of rotatable bonds is 4. The van der Waals surface area contributed by atoms with Crippen LogP contribution < -0.4 is 5.32 Å². The van der Waals surface area contributed by atoms with Gasteiger partial charge in [0, 0.05) is 11.9 Å². The van der Waals surface area contributed by atoms with Crippen molar-refractivity contribution < 1.29 is 9.90 Å². The van der Waals surface area contributed by atoms with Gasteiger partial charge in [-0.15, -0.1) is 0 Å². The molecule has 21 heavy (non-hydrogen) atoms. The lowest BCUT2D eigenvalue weighted by molar-refractivity contribution is -0.124. The normalized spacial score (nSPS) is 24.6. The van der Waals surface area contributed by atoms with Gasteiger partial charge in [-0.1, -0.05) is 0 Å². The van der Waals surface area contributed by atoms with Gasteiger partial charge in [0.15, 0.2) is 0 Å². The van der Waals surface area contributed by atoms with Crippen molar-refractivity contribution >= 4 is 5.91 Å². The van der Waals surface area contributed by atoms with Gasteiger partial charge in [0.05, 0.1) is 36.5 Å². The number of H-pyrrole nitrogens is 1. The number of carbonyl (C=O) groups is 1. The lowest BCUT2D eigenvalue weighted by Gasteiger charge is -2.41. The Balaban J connectivity index is 1.61. The zero-order valence-electron chi connectivity index (χ0n) is 12.1. The van der Waals surface area contributed by atoms with E-state index >= 15 is 0 Å². The minimum Gasteiger partial charge on any atom is -0.391 e. The number of aliphatic hydroxyl groups is 1. The Morgan fingerprint density at radius 1 is 1.57 bits per heavy atom. The van der Waals surface area contributed by atoms with Crippen LogP contribution in [0.5, 0.6) is 0 Å². The summed E-state index contributed by atoms with van der Waals surface area (Å²) in [4.78, 5) is 12.0. The molecular weight excluding hydrogens is 270 g/mol. The van der Waals surface area contributed by atoms with E-state index in [-0.39, 0.29) is 24.4 Å². The van der Waals surface area contributed by atoms with E-state index in [0.29, 0.717) is 6.42 Å². The molecule has 1 aliphatic carbocycles. The molecule has 2 aromatic heterocycles. The van der Waals surface area contributed by atoms with Crippen molar-refractivity contribution in [2.24, 2.45) is 0 Å². The highest BCUT2D eigenvalue weighted by molar-refractivity contribution is 5.78. The molecular formula is C14H19N5O2. The molecule has 3 N–H and O–H groups in total. The Morgan fingerprint density at radius 3 is 2.95 bits per heavy atom. The molecule has 7 heteroatoms. The van der Waals surface area contributed by atoms with E-state index in [0.717, 1.165) is 17.0 Å². The molecule has 0 aliphatic heterocycles. The monoisotopic (exact) mass is 289 g/mol. The van der Waals surface area contributed by atoms with Gasteiger partial charge < -0.3 is 10.4 Å². The number of amides is 1. The maximum Gasteiger partial charge on any atom is 0.226 e. The van der Waals surface area contributed by atoms with Crippen LogP contribution in [0.2, 0.25) is 0 Å². The van der Waals surface area contributed by atoms with Crippen molar-refractivity contribution in [1.29, 1.82) is 0 Å². The SMILES string of the molecule is Cc1cnn([C@H]2[C@H](O)C[C@@H]2NC(=O)Cc2cc(C)[nH]n2)c1. The molecule has 0 saturated heterocycles. The van der Waals surface area contributed by atoms with Crippen LogP contribution >= 0.6 is 0 Å². The number of aromatic amines is 1. The zero-order chi connectivity index (χ0) is 15.0. The number of nitrogens with one attached hydrogen (secondary N) is 2. The topological polar surface area (TPSA) is 95.8 Å². The molecule has 2 heterocycles. The maximum atomic E-state index is 12.0. The fourth-order valence-corrected chi connectivity index (χ4v) is 2.70.